The molecule has 1 N–H and O–H groups in total. The Hall–Kier alpha value is -1.71. The number of carbonyl (C=O) groups excluding carboxylic acids is 1. The molecule has 1 heterocycles. The smallest absolute Gasteiger partial charge is 0.250 e. The van der Waals surface area contributed by atoms with Gasteiger partial charge in [0.05, 0.1) is 18.5 Å². The lowest BCUT2D eigenvalue weighted by Crippen LogP contribution is -2.63. The molecule has 0 saturated heterocycles. The molecule has 3 rings (SSSR count). The van der Waals surface area contributed by atoms with E-state index in [9.17, 15) is 4.79 Å². The van der Waals surface area contributed by atoms with Gasteiger partial charge in [-0.15, -0.1) is 0 Å². The van der Waals surface area contributed by atoms with Gasteiger partial charge >= 0.3 is 0 Å². The van der Waals surface area contributed by atoms with Crippen molar-refractivity contribution in [1.82, 2.24) is 0 Å². The van der Waals surface area contributed by atoms with Crippen molar-refractivity contribution >= 4 is 17.3 Å². The van der Waals surface area contributed by atoms with E-state index in [1.54, 1.807) is 7.11 Å². The minimum Gasteiger partial charge on any atom is -0.497 e. The van der Waals surface area contributed by atoms with Crippen LogP contribution < -0.4 is 15.0 Å². The predicted molar refractivity (Wildman–Crippen MR) is 71.2 cm³/mol. The largest absolute Gasteiger partial charge is 0.497 e. The van der Waals surface area contributed by atoms with Gasteiger partial charge in [-0.1, -0.05) is 0 Å². The first-order chi connectivity index (χ1) is 8.71. The lowest BCUT2D eigenvalue weighted by molar-refractivity contribution is -0.124. The van der Waals surface area contributed by atoms with Gasteiger partial charge in [0.2, 0.25) is 5.91 Å². The summed E-state index contributed by atoms with van der Waals surface area (Å²) in [5.74, 6) is 0.908. The molecule has 0 atom stereocenters. The number of hydrogen-bond donors (Lipinski definition) is 1. The summed E-state index contributed by atoms with van der Waals surface area (Å²) >= 11 is 0. The second kappa shape index (κ2) is 3.90. The maximum Gasteiger partial charge on any atom is 0.250 e. The van der Waals surface area contributed by atoms with Gasteiger partial charge in [0.15, 0.2) is 0 Å². The van der Waals surface area contributed by atoms with E-state index in [0.29, 0.717) is 0 Å². The number of methoxy groups -OCH3 is 1. The van der Waals surface area contributed by atoms with Crippen LogP contribution in [0.4, 0.5) is 11.4 Å². The molecule has 4 nitrogen and oxygen atoms in total. The minimum absolute atomic E-state index is 0.136. The van der Waals surface area contributed by atoms with Crippen LogP contribution in [0, 0.1) is 0 Å². The Morgan fingerprint density at radius 2 is 2.22 bits per heavy atom. The van der Waals surface area contributed by atoms with Crippen molar-refractivity contribution in [2.75, 3.05) is 23.9 Å². The van der Waals surface area contributed by atoms with Crippen molar-refractivity contribution in [2.24, 2.45) is 0 Å². The average molecular weight is 246 g/mol. The van der Waals surface area contributed by atoms with Gasteiger partial charge in [-0.2, -0.15) is 0 Å². The van der Waals surface area contributed by atoms with Crippen molar-refractivity contribution in [1.29, 1.82) is 0 Å². The van der Waals surface area contributed by atoms with Gasteiger partial charge in [-0.05, 0) is 38.3 Å². The normalized spacial score (nSPS) is 20.1. The Morgan fingerprint density at radius 1 is 1.44 bits per heavy atom. The molecule has 0 unspecified atom stereocenters. The highest BCUT2D eigenvalue weighted by molar-refractivity contribution is 6.07. The molecule has 1 aromatic rings. The lowest BCUT2D eigenvalue weighted by atomic mass is 9.73. The molecule has 1 aromatic carbocycles. The fourth-order valence-corrected chi connectivity index (χ4v) is 3.05. The Labute approximate surface area is 107 Å². The molecular weight excluding hydrogens is 228 g/mol. The van der Waals surface area contributed by atoms with Crippen LogP contribution in [0.5, 0.6) is 5.75 Å². The van der Waals surface area contributed by atoms with Crippen LogP contribution in [0.1, 0.15) is 26.2 Å². The van der Waals surface area contributed by atoms with Crippen molar-refractivity contribution in [3.8, 4) is 5.75 Å². The fraction of sp³-hybridized carbons (Fsp3) is 0.500. The Morgan fingerprint density at radius 3 is 2.78 bits per heavy atom. The highest BCUT2D eigenvalue weighted by Gasteiger charge is 2.51. The summed E-state index contributed by atoms with van der Waals surface area (Å²) < 4.78 is 5.21. The zero-order chi connectivity index (χ0) is 12.8. The molecule has 4 heteroatoms. The van der Waals surface area contributed by atoms with Gasteiger partial charge in [0.25, 0.3) is 0 Å². The number of rotatable bonds is 2. The molecule has 1 saturated carbocycles. The molecule has 0 aromatic heterocycles. The van der Waals surface area contributed by atoms with Gasteiger partial charge in [0, 0.05) is 12.6 Å². The molecule has 1 amide bonds. The number of ether oxygens (including phenoxy) is 1. The Kier molecular flexibility index (Phi) is 2.47. The van der Waals surface area contributed by atoms with Crippen LogP contribution in [0.15, 0.2) is 18.2 Å². The fourth-order valence-electron chi connectivity index (χ4n) is 3.05. The van der Waals surface area contributed by atoms with E-state index in [-0.39, 0.29) is 11.4 Å². The van der Waals surface area contributed by atoms with Crippen molar-refractivity contribution in [3.63, 3.8) is 0 Å². The molecule has 0 bridgehead atoms. The summed E-state index contributed by atoms with van der Waals surface area (Å²) in [7, 11) is 1.64. The van der Waals surface area contributed by atoms with E-state index in [2.05, 4.69) is 17.1 Å². The van der Waals surface area contributed by atoms with Crippen LogP contribution >= 0.6 is 0 Å². The average Bonchev–Trinajstić information content (AvgIpc) is 2.34. The van der Waals surface area contributed by atoms with E-state index in [4.69, 9.17) is 4.74 Å². The zero-order valence-electron chi connectivity index (χ0n) is 10.8. The first kappa shape index (κ1) is 11.4. The number of amides is 1. The second-order valence-corrected chi connectivity index (χ2v) is 4.97. The Bertz CT molecular complexity index is 495. The third kappa shape index (κ3) is 1.35. The molecule has 18 heavy (non-hydrogen) atoms. The summed E-state index contributed by atoms with van der Waals surface area (Å²) in [4.78, 5) is 14.6. The third-order valence-electron chi connectivity index (χ3n) is 4.18. The molecule has 96 valence electrons. The highest BCUT2D eigenvalue weighted by atomic mass is 16.5. The Balaban J connectivity index is 2.07. The topological polar surface area (TPSA) is 41.6 Å². The molecular formula is C14H18N2O2. The number of benzene rings is 1. The zero-order valence-corrected chi connectivity index (χ0v) is 10.8. The van der Waals surface area contributed by atoms with E-state index in [0.717, 1.165) is 42.9 Å². The molecule has 2 aliphatic rings. The number of hydrogen-bond acceptors (Lipinski definition) is 3. The summed E-state index contributed by atoms with van der Waals surface area (Å²) in [6.45, 7) is 2.96. The standard InChI is InChI=1S/C14H18N2O2/c1-3-16-12-6-5-10(18-2)9-11(12)15-13(17)14(16)7-4-8-14/h5-6,9H,3-4,7-8H2,1-2H3,(H,15,17). The lowest BCUT2D eigenvalue weighted by Gasteiger charge is -2.52. The number of fused-ring (bicyclic) bond motifs is 1. The molecule has 1 aliphatic heterocycles. The first-order valence-electron chi connectivity index (χ1n) is 6.48. The number of likely N-dealkylation sites (N-methyl/N-ethyl adjacent to an activating group) is 1. The minimum atomic E-state index is -0.295. The SMILES string of the molecule is CCN1c2ccc(OC)cc2NC(=O)C12CCC2. The maximum absolute atomic E-state index is 12.3. The van der Waals surface area contributed by atoms with E-state index >= 15 is 0 Å². The summed E-state index contributed by atoms with van der Waals surface area (Å²) in [5, 5.41) is 3.03. The molecule has 0 radical (unpaired) electrons. The first-order valence-corrected chi connectivity index (χ1v) is 6.48. The van der Waals surface area contributed by atoms with Crippen molar-refractivity contribution in [2.45, 2.75) is 31.7 Å². The molecule has 1 aliphatic carbocycles. The van der Waals surface area contributed by atoms with Crippen LogP contribution in [-0.4, -0.2) is 25.1 Å². The summed E-state index contributed by atoms with van der Waals surface area (Å²) in [6, 6.07) is 5.88. The third-order valence-corrected chi connectivity index (χ3v) is 4.18. The quantitative estimate of drug-likeness (QED) is 0.871. The predicted octanol–water partition coefficient (Wildman–Crippen LogP) is 2.40. The maximum atomic E-state index is 12.3. The number of nitrogens with one attached hydrogen (secondary N) is 1. The van der Waals surface area contributed by atoms with Gasteiger partial charge < -0.3 is 15.0 Å². The van der Waals surface area contributed by atoms with Crippen LogP contribution in [-0.2, 0) is 4.79 Å². The van der Waals surface area contributed by atoms with E-state index in [1.807, 2.05) is 18.2 Å². The molecule has 1 spiro atoms. The van der Waals surface area contributed by atoms with E-state index < -0.39 is 0 Å². The van der Waals surface area contributed by atoms with Crippen molar-refractivity contribution < 1.29 is 9.53 Å². The van der Waals surface area contributed by atoms with Crippen LogP contribution in [0.25, 0.3) is 0 Å². The van der Waals surface area contributed by atoms with Crippen molar-refractivity contribution in [3.05, 3.63) is 18.2 Å². The van der Waals surface area contributed by atoms with E-state index in [1.165, 1.54) is 0 Å². The number of anilines is 2. The highest BCUT2D eigenvalue weighted by Crippen LogP contribution is 2.47. The summed E-state index contributed by atoms with van der Waals surface area (Å²) in [5.41, 5.74) is 1.67. The van der Waals surface area contributed by atoms with Gasteiger partial charge in [-0.25, -0.2) is 0 Å². The molecule has 1 fully saturated rings. The van der Waals surface area contributed by atoms with Crippen LogP contribution in [0.3, 0.4) is 0 Å². The number of carbonyl (C=O) groups is 1. The number of nitrogens with zero attached hydrogens (tertiary/aromatic N) is 1. The van der Waals surface area contributed by atoms with Crippen LogP contribution in [0.2, 0.25) is 0 Å². The van der Waals surface area contributed by atoms with Gasteiger partial charge in [0.1, 0.15) is 11.3 Å². The summed E-state index contributed by atoms with van der Waals surface area (Å²) in [6.07, 6.45) is 3.05. The van der Waals surface area contributed by atoms with Gasteiger partial charge in [-0.3, -0.25) is 4.79 Å². The monoisotopic (exact) mass is 246 g/mol. The second-order valence-electron chi connectivity index (χ2n) is 4.97.